The average molecular weight is 298 g/mol. The number of hydrogen-bond acceptors (Lipinski definition) is 2. The Labute approximate surface area is 133 Å². The molecule has 118 valence electrons. The second kappa shape index (κ2) is 4.71. The molecule has 0 aromatic carbocycles. The van der Waals surface area contributed by atoms with Crippen LogP contribution in [0.3, 0.4) is 0 Å². The molecule has 3 saturated carbocycles. The van der Waals surface area contributed by atoms with E-state index in [1.807, 2.05) is 6.08 Å². The number of hydrogen-bond donors (Lipinski definition) is 1. The summed E-state index contributed by atoms with van der Waals surface area (Å²) in [7, 11) is 0. The van der Waals surface area contributed by atoms with Crippen LogP contribution in [0.25, 0.3) is 0 Å². The van der Waals surface area contributed by atoms with Crippen molar-refractivity contribution in [2.24, 2.45) is 29.1 Å². The number of aliphatic hydroxyl groups is 1. The van der Waals surface area contributed by atoms with Crippen LogP contribution < -0.4 is 0 Å². The third kappa shape index (κ3) is 1.75. The molecule has 0 unspecified atom stereocenters. The number of rotatable bonds is 0. The van der Waals surface area contributed by atoms with Crippen LogP contribution in [0.4, 0.5) is 0 Å². The Morgan fingerprint density at radius 3 is 2.77 bits per heavy atom. The Morgan fingerprint density at radius 1 is 1.18 bits per heavy atom. The summed E-state index contributed by atoms with van der Waals surface area (Å²) in [4.78, 5) is 11.7. The van der Waals surface area contributed by atoms with Crippen LogP contribution in [0, 0.1) is 41.4 Å². The third-order valence-electron chi connectivity index (χ3n) is 7.69. The van der Waals surface area contributed by atoms with E-state index in [-0.39, 0.29) is 5.41 Å². The number of carbonyl (C=O) groups is 1. The lowest BCUT2D eigenvalue weighted by Crippen LogP contribution is -2.52. The largest absolute Gasteiger partial charge is 0.377 e. The molecule has 4 aliphatic rings. The summed E-state index contributed by atoms with van der Waals surface area (Å²) in [5.41, 5.74) is 0.418. The number of allylic oxidation sites excluding steroid dienone is 1. The van der Waals surface area contributed by atoms with Gasteiger partial charge in [-0.25, -0.2) is 0 Å². The minimum Gasteiger partial charge on any atom is -0.377 e. The third-order valence-corrected chi connectivity index (χ3v) is 7.69. The molecule has 0 saturated heterocycles. The molecular formula is C20H26O2. The van der Waals surface area contributed by atoms with Crippen molar-refractivity contribution in [2.75, 3.05) is 0 Å². The van der Waals surface area contributed by atoms with Gasteiger partial charge < -0.3 is 5.11 Å². The monoisotopic (exact) mass is 298 g/mol. The van der Waals surface area contributed by atoms with Crippen molar-refractivity contribution in [3.8, 4) is 12.3 Å². The van der Waals surface area contributed by atoms with Gasteiger partial charge in [0, 0.05) is 11.8 Å². The molecule has 0 radical (unpaired) electrons. The van der Waals surface area contributed by atoms with Crippen LogP contribution in [0.1, 0.15) is 58.3 Å². The van der Waals surface area contributed by atoms with E-state index < -0.39 is 5.60 Å². The summed E-state index contributed by atoms with van der Waals surface area (Å²) in [6.07, 6.45) is 15.7. The van der Waals surface area contributed by atoms with Crippen molar-refractivity contribution in [2.45, 2.75) is 63.9 Å². The van der Waals surface area contributed by atoms with Crippen LogP contribution in [-0.4, -0.2) is 16.5 Å². The number of terminal acetylenes is 1. The number of carbonyl (C=O) groups excluding carboxylic acids is 1. The van der Waals surface area contributed by atoms with Crippen LogP contribution in [0.5, 0.6) is 0 Å². The molecule has 3 fully saturated rings. The van der Waals surface area contributed by atoms with Crippen LogP contribution >= 0.6 is 0 Å². The maximum atomic E-state index is 11.7. The van der Waals surface area contributed by atoms with Crippen molar-refractivity contribution in [1.82, 2.24) is 0 Å². The summed E-state index contributed by atoms with van der Waals surface area (Å²) >= 11 is 0. The Morgan fingerprint density at radius 2 is 2.00 bits per heavy atom. The van der Waals surface area contributed by atoms with Crippen molar-refractivity contribution < 1.29 is 9.90 Å². The number of ketones is 1. The fourth-order valence-electron chi connectivity index (χ4n) is 6.43. The van der Waals surface area contributed by atoms with E-state index in [0.29, 0.717) is 29.5 Å². The Kier molecular flexibility index (Phi) is 3.11. The molecule has 0 aliphatic heterocycles. The molecule has 0 aromatic heterocycles. The molecule has 0 spiro atoms. The lowest BCUT2D eigenvalue weighted by atomic mass is 9.50. The standard InChI is InChI=1S/C20H26O2/c1-3-20(22)11-9-18-17-6-4-13-12-14(21)5-7-15(13)16(17)8-10-19(18,20)2/h1,12,15-18,22H,4-11H2,2H3/t15-,16-,17-,18+,19+,20-/m0/s1. The first kappa shape index (κ1) is 14.5. The minimum absolute atomic E-state index is 0.103. The Bertz CT molecular complexity index is 583. The maximum absolute atomic E-state index is 11.7. The zero-order valence-corrected chi connectivity index (χ0v) is 13.5. The zero-order valence-electron chi connectivity index (χ0n) is 13.5. The normalized spacial score (nSPS) is 50.4. The Hall–Kier alpha value is -1.07. The molecule has 4 aliphatic carbocycles. The summed E-state index contributed by atoms with van der Waals surface area (Å²) in [5, 5.41) is 10.9. The second-order valence-corrected chi connectivity index (χ2v) is 8.30. The summed E-state index contributed by atoms with van der Waals surface area (Å²) < 4.78 is 0. The second-order valence-electron chi connectivity index (χ2n) is 8.30. The van der Waals surface area contributed by atoms with Gasteiger partial charge in [-0.3, -0.25) is 4.79 Å². The number of fused-ring (bicyclic) bond motifs is 5. The molecule has 22 heavy (non-hydrogen) atoms. The molecule has 1 N–H and O–H groups in total. The van der Waals surface area contributed by atoms with Crippen LogP contribution in [0.15, 0.2) is 11.6 Å². The van der Waals surface area contributed by atoms with Gasteiger partial charge in [-0.15, -0.1) is 6.42 Å². The highest BCUT2D eigenvalue weighted by atomic mass is 16.3. The zero-order chi connectivity index (χ0) is 15.5. The maximum Gasteiger partial charge on any atom is 0.155 e. The average Bonchev–Trinajstić information content (AvgIpc) is 2.79. The smallest absolute Gasteiger partial charge is 0.155 e. The topological polar surface area (TPSA) is 37.3 Å². The van der Waals surface area contributed by atoms with Crippen molar-refractivity contribution in [3.05, 3.63) is 11.6 Å². The molecule has 2 nitrogen and oxygen atoms in total. The van der Waals surface area contributed by atoms with Gasteiger partial charge in [0.2, 0.25) is 0 Å². The molecule has 6 atom stereocenters. The van der Waals surface area contributed by atoms with Gasteiger partial charge in [0.1, 0.15) is 5.60 Å². The first-order chi connectivity index (χ1) is 10.5. The van der Waals surface area contributed by atoms with E-state index in [2.05, 4.69) is 12.8 Å². The lowest BCUT2D eigenvalue weighted by molar-refractivity contribution is -0.116. The molecule has 0 bridgehead atoms. The molecule has 0 amide bonds. The Balaban J connectivity index is 1.65. The van der Waals surface area contributed by atoms with Crippen molar-refractivity contribution in [1.29, 1.82) is 0 Å². The highest BCUT2D eigenvalue weighted by Gasteiger charge is 2.61. The molecule has 0 heterocycles. The summed E-state index contributed by atoms with van der Waals surface area (Å²) in [6, 6.07) is 0. The molecule has 4 rings (SSSR count). The van der Waals surface area contributed by atoms with Gasteiger partial charge in [0.05, 0.1) is 0 Å². The predicted molar refractivity (Wildman–Crippen MR) is 85.9 cm³/mol. The van der Waals surface area contributed by atoms with E-state index in [4.69, 9.17) is 6.42 Å². The van der Waals surface area contributed by atoms with Gasteiger partial charge in [-0.05, 0) is 74.7 Å². The van der Waals surface area contributed by atoms with Crippen molar-refractivity contribution >= 4 is 5.78 Å². The van der Waals surface area contributed by atoms with Gasteiger partial charge >= 0.3 is 0 Å². The summed E-state index contributed by atoms with van der Waals surface area (Å²) in [6.45, 7) is 2.23. The first-order valence-corrected chi connectivity index (χ1v) is 8.92. The molecular weight excluding hydrogens is 272 g/mol. The van der Waals surface area contributed by atoms with Gasteiger partial charge in [-0.1, -0.05) is 18.4 Å². The highest BCUT2D eigenvalue weighted by Crippen LogP contribution is 2.64. The van der Waals surface area contributed by atoms with Gasteiger partial charge in [0.15, 0.2) is 5.78 Å². The summed E-state index contributed by atoms with van der Waals surface area (Å²) in [5.74, 6) is 5.66. The van der Waals surface area contributed by atoms with E-state index >= 15 is 0 Å². The predicted octanol–water partition coefficient (Wildman–Crippen LogP) is 3.49. The van der Waals surface area contributed by atoms with Gasteiger partial charge in [-0.2, -0.15) is 0 Å². The van der Waals surface area contributed by atoms with E-state index in [9.17, 15) is 9.90 Å². The molecule has 0 aromatic rings. The highest BCUT2D eigenvalue weighted by molar-refractivity contribution is 5.91. The fraction of sp³-hybridized carbons (Fsp3) is 0.750. The SMILES string of the molecule is C#C[C@]1(O)CC[C@@H]2[C@H]3CCC4=CC(=O)CC[C@@H]4[C@@H]3CC[C@]21C. The quantitative estimate of drug-likeness (QED) is 0.695. The minimum atomic E-state index is -0.902. The van der Waals surface area contributed by atoms with Gasteiger partial charge in [0.25, 0.3) is 0 Å². The molecule has 2 heteroatoms. The van der Waals surface area contributed by atoms with Crippen LogP contribution in [0.2, 0.25) is 0 Å². The van der Waals surface area contributed by atoms with E-state index in [1.54, 1.807) is 0 Å². The first-order valence-electron chi connectivity index (χ1n) is 8.92. The van der Waals surface area contributed by atoms with Crippen molar-refractivity contribution in [3.63, 3.8) is 0 Å². The van der Waals surface area contributed by atoms with E-state index in [0.717, 1.165) is 44.9 Å². The lowest BCUT2D eigenvalue weighted by Gasteiger charge is -2.54. The van der Waals surface area contributed by atoms with Crippen LogP contribution in [-0.2, 0) is 4.79 Å². The van der Waals surface area contributed by atoms with E-state index in [1.165, 1.54) is 12.0 Å². The fourth-order valence-corrected chi connectivity index (χ4v) is 6.43.